The summed E-state index contributed by atoms with van der Waals surface area (Å²) < 4.78 is 21.0. The number of carbonyl (C=O) groups excluding carboxylic acids is 1. The highest BCUT2D eigenvalue weighted by Crippen LogP contribution is 2.28. The molecule has 2 rings (SSSR count). The highest BCUT2D eigenvalue weighted by Gasteiger charge is 2.12. The Labute approximate surface area is 140 Å². The molecule has 0 bridgehead atoms. The molecule has 0 spiro atoms. The summed E-state index contributed by atoms with van der Waals surface area (Å²) in [7, 11) is 1.57. The molecule has 124 valence electrons. The predicted molar refractivity (Wildman–Crippen MR) is 86.5 cm³/mol. The van der Waals surface area contributed by atoms with Crippen molar-refractivity contribution < 1.29 is 23.7 Å². The Balaban J connectivity index is 1.97. The van der Waals surface area contributed by atoms with Crippen molar-refractivity contribution in [2.24, 2.45) is 0 Å². The third-order valence-corrected chi connectivity index (χ3v) is 3.01. The van der Waals surface area contributed by atoms with Gasteiger partial charge in [-0.2, -0.15) is 5.26 Å². The van der Waals surface area contributed by atoms with Crippen molar-refractivity contribution in [1.82, 2.24) is 0 Å². The van der Waals surface area contributed by atoms with Crippen molar-refractivity contribution in [2.75, 3.05) is 20.3 Å². The van der Waals surface area contributed by atoms with E-state index in [0.717, 1.165) is 0 Å². The lowest BCUT2D eigenvalue weighted by Gasteiger charge is -2.11. The van der Waals surface area contributed by atoms with Gasteiger partial charge in [0.2, 0.25) is 0 Å². The lowest BCUT2D eigenvalue weighted by atomic mass is 10.2. The SMILES string of the molecule is CCOc1cc(C#N)ccc1OC(=O)COc1ccc(OC)cc1. The van der Waals surface area contributed by atoms with E-state index < -0.39 is 5.97 Å². The third kappa shape index (κ3) is 4.65. The summed E-state index contributed by atoms with van der Waals surface area (Å²) in [4.78, 5) is 11.9. The van der Waals surface area contributed by atoms with Gasteiger partial charge in [-0.1, -0.05) is 0 Å². The number of esters is 1. The van der Waals surface area contributed by atoms with E-state index in [1.165, 1.54) is 12.1 Å². The van der Waals surface area contributed by atoms with E-state index in [1.54, 1.807) is 44.4 Å². The summed E-state index contributed by atoms with van der Waals surface area (Å²) in [6.45, 7) is 1.94. The van der Waals surface area contributed by atoms with Gasteiger partial charge in [0.1, 0.15) is 11.5 Å². The van der Waals surface area contributed by atoms with Gasteiger partial charge in [0, 0.05) is 6.07 Å². The molecule has 0 saturated carbocycles. The molecule has 0 N–H and O–H groups in total. The second-order valence-electron chi connectivity index (χ2n) is 4.64. The normalized spacial score (nSPS) is 9.71. The molecule has 0 saturated heterocycles. The summed E-state index contributed by atoms with van der Waals surface area (Å²) in [6.07, 6.45) is 0. The van der Waals surface area contributed by atoms with Gasteiger partial charge >= 0.3 is 5.97 Å². The minimum atomic E-state index is -0.573. The number of nitriles is 1. The van der Waals surface area contributed by atoms with Crippen LogP contribution in [0.25, 0.3) is 0 Å². The number of hydrogen-bond acceptors (Lipinski definition) is 6. The molecule has 0 aromatic heterocycles. The van der Waals surface area contributed by atoms with Crippen LogP contribution in [0.5, 0.6) is 23.0 Å². The topological polar surface area (TPSA) is 77.8 Å². The average Bonchev–Trinajstić information content (AvgIpc) is 2.62. The Morgan fingerprint density at radius 3 is 2.38 bits per heavy atom. The zero-order chi connectivity index (χ0) is 17.4. The van der Waals surface area contributed by atoms with Crippen molar-refractivity contribution in [1.29, 1.82) is 5.26 Å². The molecule has 0 fully saturated rings. The zero-order valence-electron chi connectivity index (χ0n) is 13.4. The van der Waals surface area contributed by atoms with E-state index in [4.69, 9.17) is 24.2 Å². The first kappa shape index (κ1) is 17.2. The third-order valence-electron chi connectivity index (χ3n) is 3.01. The van der Waals surface area contributed by atoms with E-state index in [2.05, 4.69) is 0 Å². The maximum absolute atomic E-state index is 11.9. The number of carbonyl (C=O) groups is 1. The summed E-state index contributed by atoms with van der Waals surface area (Å²) in [5.74, 6) is 1.24. The van der Waals surface area contributed by atoms with Crippen LogP contribution in [0.1, 0.15) is 12.5 Å². The monoisotopic (exact) mass is 327 g/mol. The molecule has 6 nitrogen and oxygen atoms in total. The lowest BCUT2D eigenvalue weighted by molar-refractivity contribution is -0.136. The molecule has 0 amide bonds. The molecule has 24 heavy (non-hydrogen) atoms. The number of rotatable bonds is 7. The molecule has 0 radical (unpaired) electrons. The number of methoxy groups -OCH3 is 1. The summed E-state index contributed by atoms with van der Waals surface area (Å²) >= 11 is 0. The second-order valence-corrected chi connectivity index (χ2v) is 4.64. The largest absolute Gasteiger partial charge is 0.497 e. The Kier molecular flexibility index (Phi) is 6.03. The van der Waals surface area contributed by atoms with Crippen LogP contribution in [0, 0.1) is 11.3 Å². The van der Waals surface area contributed by atoms with Crippen molar-refractivity contribution in [2.45, 2.75) is 6.92 Å². The van der Waals surface area contributed by atoms with Crippen molar-refractivity contribution in [3.8, 4) is 29.1 Å². The highest BCUT2D eigenvalue weighted by atomic mass is 16.6. The fourth-order valence-corrected chi connectivity index (χ4v) is 1.90. The minimum Gasteiger partial charge on any atom is -0.497 e. The fraction of sp³-hybridized carbons (Fsp3) is 0.222. The van der Waals surface area contributed by atoms with Crippen LogP contribution >= 0.6 is 0 Å². The van der Waals surface area contributed by atoms with E-state index >= 15 is 0 Å². The molecule has 6 heteroatoms. The molecule has 2 aromatic carbocycles. The Morgan fingerprint density at radius 2 is 1.75 bits per heavy atom. The van der Waals surface area contributed by atoms with E-state index in [1.807, 2.05) is 6.07 Å². The molecule has 0 heterocycles. The molecule has 0 atom stereocenters. The Morgan fingerprint density at radius 1 is 1.04 bits per heavy atom. The van der Waals surface area contributed by atoms with Crippen LogP contribution < -0.4 is 18.9 Å². The quantitative estimate of drug-likeness (QED) is 0.575. The lowest BCUT2D eigenvalue weighted by Crippen LogP contribution is -2.18. The first-order valence-electron chi connectivity index (χ1n) is 7.30. The molecule has 0 aliphatic carbocycles. The first-order chi connectivity index (χ1) is 11.7. The van der Waals surface area contributed by atoms with Crippen LogP contribution in [-0.2, 0) is 4.79 Å². The number of hydrogen-bond donors (Lipinski definition) is 0. The average molecular weight is 327 g/mol. The summed E-state index contributed by atoms with van der Waals surface area (Å²) in [6, 6.07) is 13.5. The van der Waals surface area contributed by atoms with Crippen LogP contribution in [0.15, 0.2) is 42.5 Å². The second kappa shape index (κ2) is 8.44. The van der Waals surface area contributed by atoms with Gasteiger partial charge in [0.15, 0.2) is 18.1 Å². The van der Waals surface area contributed by atoms with Crippen LogP contribution in [0.3, 0.4) is 0 Å². The first-order valence-corrected chi connectivity index (χ1v) is 7.30. The molecule has 2 aromatic rings. The minimum absolute atomic E-state index is 0.249. The Hall–Kier alpha value is -3.20. The molecular formula is C18H17NO5. The van der Waals surface area contributed by atoms with Gasteiger partial charge in [-0.15, -0.1) is 0 Å². The van der Waals surface area contributed by atoms with Crippen LogP contribution in [-0.4, -0.2) is 26.3 Å². The van der Waals surface area contributed by atoms with Crippen LogP contribution in [0.2, 0.25) is 0 Å². The zero-order valence-corrected chi connectivity index (χ0v) is 13.4. The predicted octanol–water partition coefficient (Wildman–Crippen LogP) is 2.95. The maximum atomic E-state index is 11.9. The van der Waals surface area contributed by atoms with Gasteiger partial charge in [0.05, 0.1) is 25.3 Å². The van der Waals surface area contributed by atoms with Gasteiger partial charge in [-0.05, 0) is 43.3 Å². The van der Waals surface area contributed by atoms with Crippen molar-refractivity contribution in [3.63, 3.8) is 0 Å². The smallest absolute Gasteiger partial charge is 0.349 e. The van der Waals surface area contributed by atoms with Gasteiger partial charge in [0.25, 0.3) is 0 Å². The molecule has 0 unspecified atom stereocenters. The Bertz CT molecular complexity index is 734. The van der Waals surface area contributed by atoms with Gasteiger partial charge in [-0.25, -0.2) is 4.79 Å². The van der Waals surface area contributed by atoms with Crippen molar-refractivity contribution in [3.05, 3.63) is 48.0 Å². The maximum Gasteiger partial charge on any atom is 0.349 e. The summed E-state index contributed by atoms with van der Waals surface area (Å²) in [5.41, 5.74) is 0.424. The summed E-state index contributed by atoms with van der Waals surface area (Å²) in [5, 5.41) is 8.91. The molecular weight excluding hydrogens is 310 g/mol. The van der Waals surface area contributed by atoms with E-state index in [-0.39, 0.29) is 12.4 Å². The fourth-order valence-electron chi connectivity index (χ4n) is 1.90. The van der Waals surface area contributed by atoms with E-state index in [9.17, 15) is 4.79 Å². The van der Waals surface area contributed by atoms with E-state index in [0.29, 0.717) is 29.4 Å². The number of ether oxygens (including phenoxy) is 4. The van der Waals surface area contributed by atoms with Gasteiger partial charge < -0.3 is 18.9 Å². The number of benzene rings is 2. The molecule has 0 aliphatic rings. The standard InChI is InChI=1S/C18H17NO5/c1-3-22-17-10-13(11-19)4-9-16(17)24-18(20)12-23-15-7-5-14(21-2)6-8-15/h4-10H,3,12H2,1-2H3. The molecule has 0 aliphatic heterocycles. The van der Waals surface area contributed by atoms with Gasteiger partial charge in [-0.3, -0.25) is 0 Å². The highest BCUT2D eigenvalue weighted by molar-refractivity contribution is 5.75. The van der Waals surface area contributed by atoms with Crippen molar-refractivity contribution >= 4 is 5.97 Å². The number of nitrogens with zero attached hydrogens (tertiary/aromatic N) is 1. The van der Waals surface area contributed by atoms with Crippen LogP contribution in [0.4, 0.5) is 0 Å².